The number of nitrogen functional groups attached to an aromatic ring is 1. The molecule has 100 valence electrons. The second kappa shape index (κ2) is 4.84. The summed E-state index contributed by atoms with van der Waals surface area (Å²) in [5.74, 6) is 0.450. The van der Waals surface area contributed by atoms with Gasteiger partial charge in [-0.05, 0) is 36.8 Å². The minimum Gasteiger partial charge on any atom is -0.455 e. The predicted octanol–water partition coefficient (Wildman–Crippen LogP) is 4.39. The van der Waals surface area contributed by atoms with Crippen molar-refractivity contribution in [2.45, 2.75) is 13.1 Å². The SMILES string of the molecule is Cc1cccc(Oc2cccc(C(F)(F)F)c2)c1N. The Morgan fingerprint density at radius 1 is 1.05 bits per heavy atom. The van der Waals surface area contributed by atoms with Crippen LogP contribution < -0.4 is 10.5 Å². The van der Waals surface area contributed by atoms with E-state index < -0.39 is 11.7 Å². The van der Waals surface area contributed by atoms with Crippen molar-refractivity contribution in [3.8, 4) is 11.5 Å². The number of para-hydroxylation sites is 1. The fourth-order valence-corrected chi connectivity index (χ4v) is 1.61. The highest BCUT2D eigenvalue weighted by Crippen LogP contribution is 2.34. The van der Waals surface area contributed by atoms with E-state index in [0.717, 1.165) is 17.7 Å². The summed E-state index contributed by atoms with van der Waals surface area (Å²) in [5, 5.41) is 0. The highest BCUT2D eigenvalue weighted by molar-refractivity contribution is 5.59. The molecule has 0 atom stereocenters. The molecule has 0 heterocycles. The van der Waals surface area contributed by atoms with Gasteiger partial charge in [-0.1, -0.05) is 18.2 Å². The van der Waals surface area contributed by atoms with Crippen molar-refractivity contribution in [2.24, 2.45) is 0 Å². The van der Waals surface area contributed by atoms with Crippen LogP contribution in [-0.2, 0) is 6.18 Å². The van der Waals surface area contributed by atoms with Crippen LogP contribution in [-0.4, -0.2) is 0 Å². The lowest BCUT2D eigenvalue weighted by atomic mass is 10.2. The van der Waals surface area contributed by atoms with E-state index in [1.54, 1.807) is 25.1 Å². The van der Waals surface area contributed by atoms with Crippen molar-refractivity contribution >= 4 is 5.69 Å². The summed E-state index contributed by atoms with van der Waals surface area (Å²) in [4.78, 5) is 0. The van der Waals surface area contributed by atoms with Gasteiger partial charge >= 0.3 is 6.18 Å². The van der Waals surface area contributed by atoms with Gasteiger partial charge in [0.25, 0.3) is 0 Å². The van der Waals surface area contributed by atoms with Crippen molar-refractivity contribution in [3.05, 3.63) is 53.6 Å². The number of nitrogens with two attached hydrogens (primary N) is 1. The van der Waals surface area contributed by atoms with E-state index in [9.17, 15) is 13.2 Å². The van der Waals surface area contributed by atoms with Gasteiger partial charge in [0.2, 0.25) is 0 Å². The summed E-state index contributed by atoms with van der Waals surface area (Å²) in [7, 11) is 0. The number of rotatable bonds is 2. The lowest BCUT2D eigenvalue weighted by Gasteiger charge is -2.12. The maximum atomic E-state index is 12.6. The van der Waals surface area contributed by atoms with Crippen molar-refractivity contribution in [2.75, 3.05) is 5.73 Å². The third-order valence-electron chi connectivity index (χ3n) is 2.67. The second-order valence-electron chi connectivity index (χ2n) is 4.11. The van der Waals surface area contributed by atoms with Crippen LogP contribution in [0.15, 0.2) is 42.5 Å². The number of benzene rings is 2. The first-order valence-corrected chi connectivity index (χ1v) is 5.58. The zero-order chi connectivity index (χ0) is 14.0. The molecule has 0 aliphatic carbocycles. The molecule has 19 heavy (non-hydrogen) atoms. The highest BCUT2D eigenvalue weighted by Gasteiger charge is 2.30. The average molecular weight is 267 g/mol. The molecule has 0 amide bonds. The molecule has 2 N–H and O–H groups in total. The van der Waals surface area contributed by atoms with Crippen molar-refractivity contribution < 1.29 is 17.9 Å². The van der Waals surface area contributed by atoms with E-state index in [1.807, 2.05) is 0 Å². The first-order valence-electron chi connectivity index (χ1n) is 5.58. The molecule has 0 radical (unpaired) electrons. The van der Waals surface area contributed by atoms with Gasteiger partial charge in [0.15, 0.2) is 5.75 Å². The van der Waals surface area contributed by atoms with Crippen LogP contribution >= 0.6 is 0 Å². The number of anilines is 1. The summed E-state index contributed by atoms with van der Waals surface area (Å²) < 4.78 is 43.1. The molecule has 2 nitrogen and oxygen atoms in total. The lowest BCUT2D eigenvalue weighted by molar-refractivity contribution is -0.137. The monoisotopic (exact) mass is 267 g/mol. The molecular formula is C14H12F3NO. The molecule has 0 fully saturated rings. The van der Waals surface area contributed by atoms with Crippen LogP contribution in [0.5, 0.6) is 11.5 Å². The maximum Gasteiger partial charge on any atom is 0.416 e. The van der Waals surface area contributed by atoms with Gasteiger partial charge < -0.3 is 10.5 Å². The smallest absolute Gasteiger partial charge is 0.416 e. The Balaban J connectivity index is 2.31. The van der Waals surface area contributed by atoms with Crippen LogP contribution in [0.2, 0.25) is 0 Å². The van der Waals surface area contributed by atoms with E-state index in [4.69, 9.17) is 10.5 Å². The van der Waals surface area contributed by atoms with Gasteiger partial charge in [-0.2, -0.15) is 13.2 Å². The van der Waals surface area contributed by atoms with Crippen LogP contribution in [0, 0.1) is 6.92 Å². The van der Waals surface area contributed by atoms with Gasteiger partial charge in [-0.25, -0.2) is 0 Å². The lowest BCUT2D eigenvalue weighted by Crippen LogP contribution is -2.04. The standard InChI is InChI=1S/C14H12F3NO/c1-9-4-2-7-12(13(9)18)19-11-6-3-5-10(8-11)14(15,16)17/h2-8H,18H2,1H3. The van der Waals surface area contributed by atoms with Crippen LogP contribution in [0.1, 0.15) is 11.1 Å². The number of hydrogen-bond donors (Lipinski definition) is 1. The molecular weight excluding hydrogens is 255 g/mol. The predicted molar refractivity (Wildman–Crippen MR) is 67.1 cm³/mol. The quantitative estimate of drug-likeness (QED) is 0.819. The fourth-order valence-electron chi connectivity index (χ4n) is 1.61. The normalized spacial score (nSPS) is 11.4. The van der Waals surface area contributed by atoms with Gasteiger partial charge in [0.1, 0.15) is 5.75 Å². The largest absolute Gasteiger partial charge is 0.455 e. The molecule has 0 unspecified atom stereocenters. The van der Waals surface area contributed by atoms with Gasteiger partial charge in [0, 0.05) is 0 Å². The highest BCUT2D eigenvalue weighted by atomic mass is 19.4. The number of ether oxygens (including phenoxy) is 1. The zero-order valence-corrected chi connectivity index (χ0v) is 10.2. The zero-order valence-electron chi connectivity index (χ0n) is 10.2. The Morgan fingerprint density at radius 3 is 2.42 bits per heavy atom. The van der Waals surface area contributed by atoms with E-state index in [2.05, 4.69) is 0 Å². The third-order valence-corrected chi connectivity index (χ3v) is 2.67. The Bertz CT molecular complexity index is 593. The molecule has 2 aromatic carbocycles. The molecule has 0 saturated heterocycles. The molecule has 0 aliphatic rings. The minimum atomic E-state index is -4.39. The first-order chi connectivity index (χ1) is 8.88. The average Bonchev–Trinajstić information content (AvgIpc) is 2.34. The maximum absolute atomic E-state index is 12.6. The van der Waals surface area contributed by atoms with Crippen molar-refractivity contribution in [1.29, 1.82) is 0 Å². The first kappa shape index (κ1) is 13.3. The van der Waals surface area contributed by atoms with Gasteiger partial charge in [-0.3, -0.25) is 0 Å². The Morgan fingerprint density at radius 2 is 1.74 bits per heavy atom. The van der Waals surface area contributed by atoms with Crippen molar-refractivity contribution in [3.63, 3.8) is 0 Å². The van der Waals surface area contributed by atoms with E-state index in [0.29, 0.717) is 11.4 Å². The molecule has 0 aliphatic heterocycles. The number of aryl methyl sites for hydroxylation is 1. The van der Waals surface area contributed by atoms with Gasteiger partial charge in [-0.15, -0.1) is 0 Å². The Kier molecular flexibility index (Phi) is 3.38. The molecule has 5 heteroatoms. The van der Waals surface area contributed by atoms with Crippen LogP contribution in [0.4, 0.5) is 18.9 Å². The summed E-state index contributed by atoms with van der Waals surface area (Å²) >= 11 is 0. The molecule has 0 aromatic heterocycles. The number of hydrogen-bond acceptors (Lipinski definition) is 2. The molecule has 0 spiro atoms. The molecule has 0 saturated carbocycles. The van der Waals surface area contributed by atoms with E-state index in [-0.39, 0.29) is 5.75 Å². The molecule has 0 bridgehead atoms. The Hall–Kier alpha value is -2.17. The van der Waals surface area contributed by atoms with E-state index in [1.165, 1.54) is 12.1 Å². The van der Waals surface area contributed by atoms with Crippen LogP contribution in [0.25, 0.3) is 0 Å². The number of alkyl halides is 3. The Labute approximate surface area is 108 Å². The molecule has 2 aromatic rings. The number of halogens is 3. The minimum absolute atomic E-state index is 0.104. The third kappa shape index (κ3) is 2.99. The summed E-state index contributed by atoms with van der Waals surface area (Å²) in [5.41, 5.74) is 6.28. The second-order valence-corrected chi connectivity index (χ2v) is 4.11. The van der Waals surface area contributed by atoms with Crippen LogP contribution in [0.3, 0.4) is 0 Å². The summed E-state index contributed by atoms with van der Waals surface area (Å²) in [6, 6.07) is 9.83. The summed E-state index contributed by atoms with van der Waals surface area (Å²) in [6.45, 7) is 1.80. The van der Waals surface area contributed by atoms with Crippen molar-refractivity contribution in [1.82, 2.24) is 0 Å². The topological polar surface area (TPSA) is 35.2 Å². The van der Waals surface area contributed by atoms with Gasteiger partial charge in [0.05, 0.1) is 11.3 Å². The van der Waals surface area contributed by atoms with E-state index >= 15 is 0 Å². The fraction of sp³-hybridized carbons (Fsp3) is 0.143. The summed E-state index contributed by atoms with van der Waals surface area (Å²) in [6.07, 6.45) is -4.39. The molecule has 2 rings (SSSR count).